The molecular formula is C19H20F2N4O2. The Kier molecular flexibility index (Phi) is 5.75. The second kappa shape index (κ2) is 8.22. The lowest BCUT2D eigenvalue weighted by atomic mass is 10.1. The molecule has 1 aliphatic heterocycles. The van der Waals surface area contributed by atoms with Gasteiger partial charge in [-0.3, -0.25) is 14.6 Å². The fourth-order valence-corrected chi connectivity index (χ4v) is 2.93. The fourth-order valence-electron chi connectivity index (χ4n) is 2.93. The topological polar surface area (TPSA) is 65.5 Å². The quantitative estimate of drug-likeness (QED) is 0.893. The first kappa shape index (κ1) is 18.9. The van der Waals surface area contributed by atoms with Gasteiger partial charge in [0.2, 0.25) is 0 Å². The average Bonchev–Trinajstić information content (AvgIpc) is 2.70. The average molecular weight is 374 g/mol. The number of anilines is 1. The number of hydrogen-bond donors (Lipinski definition) is 1. The number of hydrogen-bond acceptors (Lipinski definition) is 4. The standard InChI is InChI=1S/C19H20F2N4O2/c1-2-24-6-8-25(9-7-24)19(27)14-10-13(11-22-12-14)18(26)23-17-15(20)4-3-5-16(17)21/h3-5,10-12H,2,6-9H2,1H3,(H,23,26). The maximum absolute atomic E-state index is 13.7. The van der Waals surface area contributed by atoms with Gasteiger partial charge in [0.1, 0.15) is 17.3 Å². The predicted octanol–water partition coefficient (Wildman–Crippen LogP) is 2.39. The van der Waals surface area contributed by atoms with Crippen molar-refractivity contribution in [3.8, 4) is 0 Å². The van der Waals surface area contributed by atoms with E-state index in [0.29, 0.717) is 13.1 Å². The van der Waals surface area contributed by atoms with Crippen LogP contribution in [0.4, 0.5) is 14.5 Å². The molecule has 0 aliphatic carbocycles. The van der Waals surface area contributed by atoms with Crippen molar-refractivity contribution >= 4 is 17.5 Å². The molecular weight excluding hydrogens is 354 g/mol. The van der Waals surface area contributed by atoms with Crippen molar-refractivity contribution in [1.82, 2.24) is 14.8 Å². The Labute approximate surface area is 155 Å². The van der Waals surface area contributed by atoms with E-state index < -0.39 is 23.2 Å². The number of amides is 2. The van der Waals surface area contributed by atoms with Crippen molar-refractivity contribution in [1.29, 1.82) is 0 Å². The second-order valence-electron chi connectivity index (χ2n) is 6.24. The Balaban J connectivity index is 1.73. The molecule has 0 saturated carbocycles. The molecule has 3 rings (SSSR count). The smallest absolute Gasteiger partial charge is 0.257 e. The molecule has 2 heterocycles. The summed E-state index contributed by atoms with van der Waals surface area (Å²) >= 11 is 0. The lowest BCUT2D eigenvalue weighted by molar-refractivity contribution is 0.0643. The second-order valence-corrected chi connectivity index (χ2v) is 6.24. The third-order valence-corrected chi connectivity index (χ3v) is 4.56. The first-order valence-corrected chi connectivity index (χ1v) is 8.71. The maximum Gasteiger partial charge on any atom is 0.257 e. The summed E-state index contributed by atoms with van der Waals surface area (Å²) in [6.45, 7) is 5.80. The minimum absolute atomic E-state index is 0.0516. The largest absolute Gasteiger partial charge is 0.336 e. The highest BCUT2D eigenvalue weighted by Gasteiger charge is 2.22. The number of para-hydroxylation sites is 1. The molecule has 0 bridgehead atoms. The number of benzene rings is 1. The monoisotopic (exact) mass is 374 g/mol. The minimum Gasteiger partial charge on any atom is -0.336 e. The lowest BCUT2D eigenvalue weighted by Crippen LogP contribution is -2.48. The van der Waals surface area contributed by atoms with Crippen molar-refractivity contribution in [3.05, 3.63) is 59.4 Å². The molecule has 0 spiro atoms. The molecule has 2 aromatic rings. The van der Waals surface area contributed by atoms with E-state index in [-0.39, 0.29) is 17.0 Å². The van der Waals surface area contributed by atoms with Gasteiger partial charge in [-0.2, -0.15) is 0 Å². The van der Waals surface area contributed by atoms with Gasteiger partial charge in [-0.05, 0) is 24.7 Å². The Morgan fingerprint density at radius 2 is 1.70 bits per heavy atom. The molecule has 1 fully saturated rings. The summed E-state index contributed by atoms with van der Waals surface area (Å²) in [6.07, 6.45) is 2.63. The van der Waals surface area contributed by atoms with E-state index in [1.807, 2.05) is 0 Å². The zero-order valence-electron chi connectivity index (χ0n) is 14.9. The van der Waals surface area contributed by atoms with Gasteiger partial charge in [-0.25, -0.2) is 8.78 Å². The summed E-state index contributed by atoms with van der Waals surface area (Å²) in [5, 5.41) is 2.19. The molecule has 1 aliphatic rings. The summed E-state index contributed by atoms with van der Waals surface area (Å²) < 4.78 is 27.4. The van der Waals surface area contributed by atoms with E-state index >= 15 is 0 Å². The molecule has 142 valence electrons. The predicted molar refractivity (Wildman–Crippen MR) is 96.6 cm³/mol. The Hall–Kier alpha value is -2.87. The Morgan fingerprint density at radius 1 is 1.07 bits per heavy atom. The van der Waals surface area contributed by atoms with Crippen LogP contribution >= 0.6 is 0 Å². The van der Waals surface area contributed by atoms with Crippen LogP contribution in [0.1, 0.15) is 27.6 Å². The first-order valence-electron chi connectivity index (χ1n) is 8.71. The number of pyridine rings is 1. The Morgan fingerprint density at radius 3 is 2.33 bits per heavy atom. The van der Waals surface area contributed by atoms with Crippen LogP contribution in [0, 0.1) is 11.6 Å². The van der Waals surface area contributed by atoms with Gasteiger partial charge in [0.15, 0.2) is 0 Å². The van der Waals surface area contributed by atoms with E-state index in [2.05, 4.69) is 22.1 Å². The number of carbonyl (C=O) groups excluding carboxylic acids is 2. The van der Waals surface area contributed by atoms with Crippen LogP contribution in [0.5, 0.6) is 0 Å². The number of halogens is 2. The highest BCUT2D eigenvalue weighted by molar-refractivity contribution is 6.06. The molecule has 1 aromatic carbocycles. The molecule has 8 heteroatoms. The zero-order chi connectivity index (χ0) is 19.4. The molecule has 0 radical (unpaired) electrons. The van der Waals surface area contributed by atoms with Gasteiger partial charge in [-0.1, -0.05) is 13.0 Å². The third kappa shape index (κ3) is 4.28. The number of piperazine rings is 1. The van der Waals surface area contributed by atoms with Crippen LogP contribution in [-0.2, 0) is 0 Å². The molecule has 1 saturated heterocycles. The fraction of sp³-hybridized carbons (Fsp3) is 0.316. The summed E-state index contributed by atoms with van der Waals surface area (Å²) in [4.78, 5) is 32.9. The van der Waals surface area contributed by atoms with E-state index in [4.69, 9.17) is 0 Å². The van der Waals surface area contributed by atoms with Gasteiger partial charge >= 0.3 is 0 Å². The number of rotatable bonds is 4. The third-order valence-electron chi connectivity index (χ3n) is 4.56. The number of nitrogens with zero attached hydrogens (tertiary/aromatic N) is 3. The van der Waals surface area contributed by atoms with Gasteiger partial charge in [0, 0.05) is 38.6 Å². The van der Waals surface area contributed by atoms with Gasteiger partial charge in [0.25, 0.3) is 11.8 Å². The molecule has 0 unspecified atom stereocenters. The summed E-state index contributed by atoms with van der Waals surface area (Å²) in [5.74, 6) is -2.71. The van der Waals surface area contributed by atoms with Gasteiger partial charge in [0.05, 0.1) is 11.1 Å². The molecule has 6 nitrogen and oxygen atoms in total. The van der Waals surface area contributed by atoms with E-state index in [1.165, 1.54) is 24.5 Å². The number of likely N-dealkylation sites (N-methyl/N-ethyl adjacent to an activating group) is 1. The van der Waals surface area contributed by atoms with Crippen molar-refractivity contribution in [2.75, 3.05) is 38.0 Å². The molecule has 0 atom stereocenters. The number of aromatic nitrogens is 1. The first-order chi connectivity index (χ1) is 13.0. The van der Waals surface area contributed by atoms with Gasteiger partial charge < -0.3 is 15.1 Å². The van der Waals surface area contributed by atoms with Crippen LogP contribution in [0.2, 0.25) is 0 Å². The zero-order valence-corrected chi connectivity index (χ0v) is 14.9. The molecule has 1 aromatic heterocycles. The molecule has 27 heavy (non-hydrogen) atoms. The summed E-state index contributed by atoms with van der Waals surface area (Å²) in [6, 6.07) is 4.69. The lowest BCUT2D eigenvalue weighted by Gasteiger charge is -2.34. The van der Waals surface area contributed by atoms with E-state index in [9.17, 15) is 18.4 Å². The van der Waals surface area contributed by atoms with Crippen molar-refractivity contribution < 1.29 is 18.4 Å². The normalized spacial score (nSPS) is 14.9. The van der Waals surface area contributed by atoms with Crippen molar-refractivity contribution in [3.63, 3.8) is 0 Å². The van der Waals surface area contributed by atoms with E-state index in [0.717, 1.165) is 31.8 Å². The molecule has 1 N–H and O–H groups in total. The summed E-state index contributed by atoms with van der Waals surface area (Å²) in [7, 11) is 0. The van der Waals surface area contributed by atoms with Crippen molar-refractivity contribution in [2.24, 2.45) is 0 Å². The highest BCUT2D eigenvalue weighted by atomic mass is 19.1. The minimum atomic E-state index is -0.877. The SMILES string of the molecule is CCN1CCN(C(=O)c2cncc(C(=O)Nc3c(F)cccc3F)c2)CC1. The van der Waals surface area contributed by atoms with Crippen LogP contribution in [0.3, 0.4) is 0 Å². The number of carbonyl (C=O) groups is 2. The van der Waals surface area contributed by atoms with Crippen LogP contribution in [0.15, 0.2) is 36.7 Å². The number of nitrogens with one attached hydrogen (secondary N) is 1. The Bertz CT molecular complexity index is 831. The van der Waals surface area contributed by atoms with Crippen molar-refractivity contribution in [2.45, 2.75) is 6.92 Å². The van der Waals surface area contributed by atoms with Crippen LogP contribution in [0.25, 0.3) is 0 Å². The van der Waals surface area contributed by atoms with Crippen LogP contribution in [-0.4, -0.2) is 59.3 Å². The molecule has 2 amide bonds. The van der Waals surface area contributed by atoms with Gasteiger partial charge in [-0.15, -0.1) is 0 Å². The maximum atomic E-state index is 13.7. The summed E-state index contributed by atoms with van der Waals surface area (Å²) in [5.41, 5.74) is -0.216. The van der Waals surface area contributed by atoms with E-state index in [1.54, 1.807) is 4.90 Å². The highest BCUT2D eigenvalue weighted by Crippen LogP contribution is 2.19. The van der Waals surface area contributed by atoms with Crippen LogP contribution < -0.4 is 5.32 Å².